The molecule has 0 aliphatic heterocycles. The number of benzene rings is 1. The smallest absolute Gasteiger partial charge is 0.368 e. The summed E-state index contributed by atoms with van der Waals surface area (Å²) < 4.78 is 16.9. The molecule has 0 N–H and O–H groups in total. The zero-order valence-corrected chi connectivity index (χ0v) is 13.1. The maximum atomic E-state index is 12.7. The number of rotatable bonds is 8. The van der Waals surface area contributed by atoms with Crippen LogP contribution in [0.4, 0.5) is 0 Å². The Morgan fingerprint density at radius 2 is 1.47 bits per heavy atom. The zero-order chi connectivity index (χ0) is 14.3. The van der Waals surface area contributed by atoms with E-state index in [1.807, 2.05) is 45.9 Å². The number of hydrogen-bond acceptors (Lipinski definition) is 4. The van der Waals surface area contributed by atoms with Gasteiger partial charge in [-0.15, -0.1) is 0 Å². The molecule has 0 heterocycles. The molecule has 1 aromatic rings. The normalized spacial score (nSPS) is 11.6. The van der Waals surface area contributed by atoms with Crippen molar-refractivity contribution in [2.75, 3.05) is 19.8 Å². The Morgan fingerprint density at radius 3 is 1.89 bits per heavy atom. The van der Waals surface area contributed by atoms with Gasteiger partial charge in [0.15, 0.2) is 0 Å². The molecule has 0 saturated heterocycles. The van der Waals surface area contributed by atoms with Crippen LogP contribution < -0.4 is 0 Å². The summed E-state index contributed by atoms with van der Waals surface area (Å²) in [4.78, 5) is 12.7. The molecule has 0 amide bonds. The fraction of sp³-hybridized carbons (Fsp3) is 0.500. The van der Waals surface area contributed by atoms with Gasteiger partial charge >= 0.3 is 8.80 Å². The molecule has 0 aliphatic carbocycles. The molecule has 0 radical (unpaired) electrons. The van der Waals surface area contributed by atoms with Crippen molar-refractivity contribution in [3.05, 3.63) is 35.4 Å². The van der Waals surface area contributed by atoms with Gasteiger partial charge in [-0.3, -0.25) is 4.79 Å². The average molecular weight is 282 g/mol. The summed E-state index contributed by atoms with van der Waals surface area (Å²) in [7, 11) is -3.31. The second kappa shape index (κ2) is 7.55. The first-order valence-corrected chi connectivity index (χ1v) is 8.36. The van der Waals surface area contributed by atoms with Crippen LogP contribution in [-0.4, -0.2) is 34.0 Å². The van der Waals surface area contributed by atoms with Crippen LogP contribution in [-0.2, 0) is 13.3 Å². The van der Waals surface area contributed by atoms with Crippen LogP contribution in [0.25, 0.3) is 0 Å². The van der Waals surface area contributed by atoms with Crippen molar-refractivity contribution in [3.63, 3.8) is 0 Å². The lowest BCUT2D eigenvalue weighted by Crippen LogP contribution is -2.54. The van der Waals surface area contributed by atoms with Crippen molar-refractivity contribution in [2.45, 2.75) is 27.7 Å². The lowest BCUT2D eigenvalue weighted by molar-refractivity contribution is 0.0565. The van der Waals surface area contributed by atoms with Gasteiger partial charge in [-0.25, -0.2) is 0 Å². The van der Waals surface area contributed by atoms with E-state index in [-0.39, 0.29) is 5.41 Å². The fourth-order valence-electron chi connectivity index (χ4n) is 1.88. The quantitative estimate of drug-likeness (QED) is 0.688. The first-order valence-electron chi connectivity index (χ1n) is 6.63. The standard InChI is InChI=1S/C14H22O4Si/c1-5-16-19(17-6-2,18-7-3)14(15)13-11-9-8-10-12(13)4/h8-11H,5-7H2,1-4H3. The van der Waals surface area contributed by atoms with Gasteiger partial charge in [0.2, 0.25) is 5.41 Å². The molecule has 0 atom stereocenters. The van der Waals surface area contributed by atoms with Gasteiger partial charge in [0.05, 0.1) is 0 Å². The van der Waals surface area contributed by atoms with E-state index in [1.165, 1.54) is 0 Å². The molecule has 1 rings (SSSR count). The van der Waals surface area contributed by atoms with Gasteiger partial charge in [0.25, 0.3) is 0 Å². The van der Waals surface area contributed by atoms with Crippen LogP contribution in [0.15, 0.2) is 24.3 Å². The Bertz CT molecular complexity index is 403. The fourth-order valence-corrected chi connectivity index (χ4v) is 4.28. The molecular weight excluding hydrogens is 260 g/mol. The first kappa shape index (κ1) is 16.0. The van der Waals surface area contributed by atoms with Crippen molar-refractivity contribution in [2.24, 2.45) is 0 Å². The van der Waals surface area contributed by atoms with Crippen molar-refractivity contribution in [1.29, 1.82) is 0 Å². The van der Waals surface area contributed by atoms with Crippen LogP contribution in [0.2, 0.25) is 0 Å². The van der Waals surface area contributed by atoms with Gasteiger partial charge in [0, 0.05) is 25.4 Å². The topological polar surface area (TPSA) is 44.8 Å². The zero-order valence-electron chi connectivity index (χ0n) is 12.1. The highest BCUT2D eigenvalue weighted by Crippen LogP contribution is 2.19. The molecule has 19 heavy (non-hydrogen) atoms. The SMILES string of the molecule is CCO[Si](OCC)(OCC)C(=O)c1ccccc1C. The van der Waals surface area contributed by atoms with Crippen molar-refractivity contribution in [1.82, 2.24) is 0 Å². The molecule has 1 aromatic carbocycles. The molecule has 4 nitrogen and oxygen atoms in total. The summed E-state index contributed by atoms with van der Waals surface area (Å²) in [5.41, 5.74) is 1.52. The number of hydrogen-bond donors (Lipinski definition) is 0. The lowest BCUT2D eigenvalue weighted by Gasteiger charge is -2.27. The van der Waals surface area contributed by atoms with E-state index in [1.54, 1.807) is 6.07 Å². The monoisotopic (exact) mass is 282 g/mol. The maximum absolute atomic E-state index is 12.7. The summed E-state index contributed by atoms with van der Waals surface area (Å²) in [6.07, 6.45) is 0. The second-order valence-corrected chi connectivity index (χ2v) is 6.43. The van der Waals surface area contributed by atoms with Crippen molar-refractivity contribution < 1.29 is 18.1 Å². The third-order valence-corrected chi connectivity index (χ3v) is 5.50. The van der Waals surface area contributed by atoms with Crippen LogP contribution in [0.3, 0.4) is 0 Å². The average Bonchev–Trinajstić information content (AvgIpc) is 2.39. The van der Waals surface area contributed by atoms with Crippen LogP contribution >= 0.6 is 0 Å². The Kier molecular flexibility index (Phi) is 6.37. The van der Waals surface area contributed by atoms with Crippen LogP contribution in [0, 0.1) is 6.92 Å². The second-order valence-electron chi connectivity index (χ2n) is 4.00. The third kappa shape index (κ3) is 3.73. The lowest BCUT2D eigenvalue weighted by atomic mass is 10.1. The van der Waals surface area contributed by atoms with Gasteiger partial charge in [-0.2, -0.15) is 0 Å². The third-order valence-electron chi connectivity index (χ3n) is 2.67. The number of carbonyl (C=O) groups excluding carboxylic acids is 1. The molecule has 0 saturated carbocycles. The van der Waals surface area contributed by atoms with Gasteiger partial charge in [-0.1, -0.05) is 24.3 Å². The summed E-state index contributed by atoms with van der Waals surface area (Å²) in [5.74, 6) is 0. The van der Waals surface area contributed by atoms with E-state index in [2.05, 4.69) is 0 Å². The Hall–Kier alpha value is -1.01. The molecule has 0 aliphatic rings. The van der Waals surface area contributed by atoms with Crippen LogP contribution in [0.1, 0.15) is 36.7 Å². The van der Waals surface area contributed by atoms with E-state index >= 15 is 0 Å². The van der Waals surface area contributed by atoms with E-state index in [0.717, 1.165) is 5.56 Å². The molecule has 0 fully saturated rings. The summed E-state index contributed by atoms with van der Waals surface area (Å²) in [6, 6.07) is 7.42. The summed E-state index contributed by atoms with van der Waals surface area (Å²) in [6.45, 7) is 8.59. The number of aryl methyl sites for hydroxylation is 1. The van der Waals surface area contributed by atoms with E-state index in [0.29, 0.717) is 25.4 Å². The highest BCUT2D eigenvalue weighted by atomic mass is 28.4. The highest BCUT2D eigenvalue weighted by molar-refractivity contribution is 6.95. The summed E-state index contributed by atoms with van der Waals surface area (Å²) in [5, 5.41) is -0.156. The molecular formula is C14H22O4Si. The van der Waals surface area contributed by atoms with Crippen molar-refractivity contribution in [3.8, 4) is 0 Å². The molecule has 0 unspecified atom stereocenters. The summed E-state index contributed by atoms with van der Waals surface area (Å²) >= 11 is 0. The van der Waals surface area contributed by atoms with Crippen LogP contribution in [0.5, 0.6) is 0 Å². The largest absolute Gasteiger partial charge is 0.579 e. The Morgan fingerprint density at radius 1 is 1.00 bits per heavy atom. The van der Waals surface area contributed by atoms with Crippen molar-refractivity contribution >= 4 is 14.2 Å². The highest BCUT2D eigenvalue weighted by Gasteiger charge is 2.50. The molecule has 0 aromatic heterocycles. The minimum atomic E-state index is -3.31. The minimum Gasteiger partial charge on any atom is -0.368 e. The van der Waals surface area contributed by atoms with Gasteiger partial charge in [0.1, 0.15) is 0 Å². The maximum Gasteiger partial charge on any atom is 0.579 e. The molecule has 5 heteroatoms. The van der Waals surface area contributed by atoms with E-state index in [9.17, 15) is 4.79 Å². The predicted octanol–water partition coefficient (Wildman–Crippen LogP) is 2.77. The molecule has 0 spiro atoms. The Balaban J connectivity index is 3.15. The van der Waals surface area contributed by atoms with Gasteiger partial charge in [-0.05, 0) is 33.3 Å². The molecule has 0 bridgehead atoms. The van der Waals surface area contributed by atoms with Gasteiger partial charge < -0.3 is 13.3 Å². The van der Waals surface area contributed by atoms with E-state index < -0.39 is 8.80 Å². The first-order chi connectivity index (χ1) is 9.11. The number of carbonyl (C=O) groups is 1. The predicted molar refractivity (Wildman–Crippen MR) is 76.1 cm³/mol. The minimum absolute atomic E-state index is 0.156. The Labute approximate surface area is 116 Å². The molecule has 106 valence electrons. The van der Waals surface area contributed by atoms with E-state index in [4.69, 9.17) is 13.3 Å².